The van der Waals surface area contributed by atoms with Gasteiger partial charge in [-0.1, -0.05) is 11.8 Å². The van der Waals surface area contributed by atoms with Crippen molar-refractivity contribution in [3.05, 3.63) is 63.5 Å². The van der Waals surface area contributed by atoms with Crippen molar-refractivity contribution in [3.63, 3.8) is 0 Å². The number of furan rings is 1. The number of nitro benzene ring substituents is 1. The van der Waals surface area contributed by atoms with Gasteiger partial charge in [0.05, 0.1) is 10.7 Å². The molecule has 1 amide bonds. The maximum atomic E-state index is 12.4. The normalized spacial score (nSPS) is 18.9. The van der Waals surface area contributed by atoms with Crippen LogP contribution in [0.25, 0.3) is 11.3 Å². The van der Waals surface area contributed by atoms with Crippen LogP contribution in [0.2, 0.25) is 0 Å². The molecule has 1 aromatic heterocycles. The second-order valence-corrected chi connectivity index (χ2v) is 7.35. The summed E-state index contributed by atoms with van der Waals surface area (Å²) < 4.78 is 5.98. The van der Waals surface area contributed by atoms with Crippen LogP contribution in [0, 0.1) is 10.1 Å². The summed E-state index contributed by atoms with van der Waals surface area (Å²) in [6.07, 6.45) is 0. The predicted molar refractivity (Wildman–Crippen MR) is 104 cm³/mol. The van der Waals surface area contributed by atoms with Crippen LogP contribution in [0.4, 0.5) is 5.69 Å². The molecule has 0 aliphatic carbocycles. The Labute approximate surface area is 164 Å². The number of hydrogen-bond acceptors (Lipinski definition) is 7. The summed E-state index contributed by atoms with van der Waals surface area (Å²) in [6, 6.07) is 8.76. The largest absolute Gasteiger partial charge is 0.458 e. The number of carbonyl (C=O) groups is 2. The van der Waals surface area contributed by atoms with Crippen molar-refractivity contribution < 1.29 is 18.9 Å². The van der Waals surface area contributed by atoms with Gasteiger partial charge in [-0.25, -0.2) is 4.99 Å². The first-order valence-corrected chi connectivity index (χ1v) is 9.45. The molecule has 0 bridgehead atoms. The molecule has 1 atom stereocenters. The molecule has 4 rings (SSSR count). The van der Waals surface area contributed by atoms with E-state index < -0.39 is 11.0 Å². The van der Waals surface area contributed by atoms with E-state index in [0.717, 1.165) is 0 Å². The lowest BCUT2D eigenvalue weighted by molar-refractivity contribution is -0.384. The fourth-order valence-electron chi connectivity index (χ4n) is 3.36. The number of aliphatic imine (C=N–C) groups is 1. The van der Waals surface area contributed by atoms with Gasteiger partial charge in [0.1, 0.15) is 17.6 Å². The molecule has 142 valence electrons. The third-order valence-electron chi connectivity index (χ3n) is 4.62. The Morgan fingerprint density at radius 3 is 2.64 bits per heavy atom. The number of thioether (sulfide) groups is 1. The zero-order valence-electron chi connectivity index (χ0n) is 15.0. The van der Waals surface area contributed by atoms with Crippen LogP contribution in [0.15, 0.2) is 57.1 Å². The highest BCUT2D eigenvalue weighted by molar-refractivity contribution is 8.15. The number of rotatable bonds is 4. The van der Waals surface area contributed by atoms with E-state index in [1.165, 1.54) is 35.7 Å². The van der Waals surface area contributed by atoms with E-state index in [1.54, 1.807) is 31.2 Å². The quantitative estimate of drug-likeness (QED) is 0.575. The number of benzene rings is 1. The number of nitrogens with zero attached hydrogens (tertiary/aromatic N) is 3. The van der Waals surface area contributed by atoms with Gasteiger partial charge in [-0.2, -0.15) is 0 Å². The molecule has 0 radical (unpaired) electrons. The molecule has 3 heterocycles. The van der Waals surface area contributed by atoms with E-state index in [2.05, 4.69) is 4.99 Å². The first-order valence-electron chi connectivity index (χ1n) is 8.46. The topological polar surface area (TPSA) is 106 Å². The number of fused-ring (bicyclic) bond motifs is 1. The number of non-ortho nitro benzene ring substituents is 1. The van der Waals surface area contributed by atoms with Crippen LogP contribution in [0.5, 0.6) is 0 Å². The lowest BCUT2D eigenvalue weighted by Gasteiger charge is -2.31. The highest BCUT2D eigenvalue weighted by Crippen LogP contribution is 2.42. The molecule has 1 saturated heterocycles. The lowest BCUT2D eigenvalue weighted by atomic mass is 9.96. The zero-order chi connectivity index (χ0) is 20.0. The monoisotopic (exact) mass is 397 g/mol. The van der Waals surface area contributed by atoms with Crippen LogP contribution < -0.4 is 0 Å². The third-order valence-corrected chi connectivity index (χ3v) is 5.56. The van der Waals surface area contributed by atoms with E-state index in [0.29, 0.717) is 33.5 Å². The van der Waals surface area contributed by atoms with Crippen molar-refractivity contribution in [3.8, 4) is 11.3 Å². The summed E-state index contributed by atoms with van der Waals surface area (Å²) >= 11 is 1.33. The standard InChI is InChI=1S/C19H15N3O5S/c1-10-17(11(2)23)18(21-16(24)9-28-19(21)20-10)15-8-7-14(27-15)12-3-5-13(6-4-12)22(25)26/h3-8,18H,9H2,1-2H3/t18-/m0/s1. The summed E-state index contributed by atoms with van der Waals surface area (Å²) in [5, 5.41) is 11.4. The fourth-order valence-corrected chi connectivity index (χ4v) is 4.30. The average Bonchev–Trinajstić information content (AvgIpc) is 3.28. The molecule has 9 heteroatoms. The molecule has 0 spiro atoms. The Bertz CT molecular complexity index is 1070. The smallest absolute Gasteiger partial charge is 0.269 e. The predicted octanol–water partition coefficient (Wildman–Crippen LogP) is 3.70. The highest BCUT2D eigenvalue weighted by Gasteiger charge is 2.43. The number of nitro groups is 1. The SMILES string of the molecule is CC(=O)C1=C(C)N=C2SCC(=O)N2[C@H]1c1ccc(-c2ccc([N+](=O)[O-])cc2)o1. The van der Waals surface area contributed by atoms with Gasteiger partial charge in [-0.05, 0) is 38.1 Å². The van der Waals surface area contributed by atoms with E-state index >= 15 is 0 Å². The van der Waals surface area contributed by atoms with Gasteiger partial charge in [-0.3, -0.25) is 24.6 Å². The Morgan fingerprint density at radius 2 is 2.00 bits per heavy atom. The first kappa shape index (κ1) is 18.2. The minimum atomic E-state index is -0.667. The van der Waals surface area contributed by atoms with Crippen molar-refractivity contribution in [2.45, 2.75) is 19.9 Å². The maximum Gasteiger partial charge on any atom is 0.269 e. The van der Waals surface area contributed by atoms with E-state index in [-0.39, 0.29) is 23.1 Å². The van der Waals surface area contributed by atoms with E-state index in [9.17, 15) is 19.7 Å². The van der Waals surface area contributed by atoms with Gasteiger partial charge in [-0.15, -0.1) is 0 Å². The molecule has 0 N–H and O–H groups in total. The molecule has 2 aliphatic heterocycles. The van der Waals surface area contributed by atoms with Crippen molar-refractivity contribution in [1.82, 2.24) is 4.90 Å². The van der Waals surface area contributed by atoms with Crippen molar-refractivity contribution in [2.75, 3.05) is 5.75 Å². The molecule has 1 fully saturated rings. The number of Topliss-reactive ketones (excluding diaryl/α,β-unsaturated/α-hetero) is 1. The van der Waals surface area contributed by atoms with Gasteiger partial charge in [0.2, 0.25) is 5.91 Å². The van der Waals surface area contributed by atoms with E-state index in [1.807, 2.05) is 0 Å². The molecular formula is C19H15N3O5S. The number of amides is 1. The number of hydrogen-bond donors (Lipinski definition) is 0. The fraction of sp³-hybridized carbons (Fsp3) is 0.211. The number of ketones is 1. The van der Waals surface area contributed by atoms with Crippen LogP contribution in [-0.4, -0.2) is 32.4 Å². The number of amidine groups is 1. The van der Waals surface area contributed by atoms with Gasteiger partial charge in [0, 0.05) is 29.0 Å². The summed E-state index contributed by atoms with van der Waals surface area (Å²) in [5.41, 5.74) is 1.64. The zero-order valence-corrected chi connectivity index (χ0v) is 15.9. The Hall–Kier alpha value is -3.20. The summed E-state index contributed by atoms with van der Waals surface area (Å²) in [5.74, 6) is 0.899. The van der Waals surface area contributed by atoms with Crippen molar-refractivity contribution >= 4 is 34.3 Å². The first-order chi connectivity index (χ1) is 13.4. The van der Waals surface area contributed by atoms with Gasteiger partial charge in [0.25, 0.3) is 5.69 Å². The minimum absolute atomic E-state index is 0.0132. The molecule has 2 aromatic rings. The Morgan fingerprint density at radius 1 is 1.29 bits per heavy atom. The maximum absolute atomic E-state index is 12.4. The lowest BCUT2D eigenvalue weighted by Crippen LogP contribution is -2.38. The molecule has 0 saturated carbocycles. The Kier molecular flexibility index (Phi) is 4.38. The van der Waals surface area contributed by atoms with Crippen LogP contribution >= 0.6 is 11.8 Å². The van der Waals surface area contributed by atoms with Crippen molar-refractivity contribution in [1.29, 1.82) is 0 Å². The second-order valence-electron chi connectivity index (χ2n) is 6.41. The highest BCUT2D eigenvalue weighted by atomic mass is 32.2. The molecular weight excluding hydrogens is 382 g/mol. The molecule has 1 aromatic carbocycles. The molecule has 0 unspecified atom stereocenters. The third kappa shape index (κ3) is 2.93. The number of carbonyl (C=O) groups excluding carboxylic acids is 2. The summed E-state index contributed by atoms with van der Waals surface area (Å²) in [7, 11) is 0. The average molecular weight is 397 g/mol. The van der Waals surface area contributed by atoms with E-state index in [4.69, 9.17) is 4.42 Å². The molecule has 8 nitrogen and oxygen atoms in total. The Balaban J connectivity index is 1.75. The van der Waals surface area contributed by atoms with Crippen molar-refractivity contribution in [2.24, 2.45) is 4.99 Å². The van der Waals surface area contributed by atoms with Crippen LogP contribution in [0.1, 0.15) is 25.6 Å². The van der Waals surface area contributed by atoms with Gasteiger partial charge >= 0.3 is 0 Å². The summed E-state index contributed by atoms with van der Waals surface area (Å²) in [6.45, 7) is 3.19. The molecule has 28 heavy (non-hydrogen) atoms. The molecule has 2 aliphatic rings. The van der Waals surface area contributed by atoms with Crippen LogP contribution in [-0.2, 0) is 9.59 Å². The minimum Gasteiger partial charge on any atom is -0.458 e. The second kappa shape index (κ2) is 6.75. The van der Waals surface area contributed by atoms with Crippen LogP contribution in [0.3, 0.4) is 0 Å². The van der Waals surface area contributed by atoms with Gasteiger partial charge < -0.3 is 4.42 Å². The van der Waals surface area contributed by atoms with Gasteiger partial charge in [0.15, 0.2) is 11.0 Å². The summed E-state index contributed by atoms with van der Waals surface area (Å²) in [4.78, 5) is 41.0. The number of allylic oxidation sites excluding steroid dienone is 1.